The van der Waals surface area contributed by atoms with Crippen LogP contribution in [0, 0.1) is 18.8 Å². The number of hydrogen-bond acceptors (Lipinski definition) is 4. The number of aromatic nitrogens is 2. The molecule has 0 saturated carbocycles. The minimum Gasteiger partial charge on any atom is -0.233 e. The number of rotatable bonds is 0. The van der Waals surface area contributed by atoms with Crippen LogP contribution < -0.4 is 0 Å². The predicted molar refractivity (Wildman–Crippen MR) is 54.9 cm³/mol. The quantitative estimate of drug-likeness (QED) is 0.618. The molecule has 0 N–H and O–H groups in total. The first-order valence-electron chi connectivity index (χ1n) is 3.68. The second-order valence-electron chi connectivity index (χ2n) is 2.41. The first-order chi connectivity index (χ1) is 6.34. The molecule has 0 aromatic carbocycles. The maximum absolute atomic E-state index is 4.24. The van der Waals surface area contributed by atoms with Crippen molar-refractivity contribution in [2.24, 2.45) is 0 Å². The first-order valence-corrected chi connectivity index (χ1v) is 5.40. The van der Waals surface area contributed by atoms with Crippen molar-refractivity contribution in [3.8, 4) is 11.8 Å². The van der Waals surface area contributed by atoms with E-state index in [0.29, 0.717) is 0 Å². The van der Waals surface area contributed by atoms with Gasteiger partial charge in [0.1, 0.15) is 5.69 Å². The summed E-state index contributed by atoms with van der Waals surface area (Å²) in [5, 5.41) is 4.93. The molecule has 0 aliphatic heterocycles. The molecule has 0 radical (unpaired) electrons. The molecule has 0 spiro atoms. The van der Waals surface area contributed by atoms with Crippen molar-refractivity contribution in [1.29, 1.82) is 0 Å². The standard InChI is InChI=1S/C9H6N2S2/c1-7-11-9(6-12-7)3-2-8-4-10-13-5-8/h4-6H,1H3. The molecule has 2 nitrogen and oxygen atoms in total. The Bertz CT molecular complexity index is 445. The molecular formula is C9H6N2S2. The van der Waals surface area contributed by atoms with E-state index in [4.69, 9.17) is 0 Å². The third kappa shape index (κ3) is 2.14. The maximum atomic E-state index is 4.24. The molecule has 0 amide bonds. The van der Waals surface area contributed by atoms with Gasteiger partial charge in [0.2, 0.25) is 0 Å². The molecule has 2 heterocycles. The van der Waals surface area contributed by atoms with Gasteiger partial charge in [-0.3, -0.25) is 0 Å². The highest BCUT2D eigenvalue weighted by atomic mass is 32.1. The summed E-state index contributed by atoms with van der Waals surface area (Å²) in [5.41, 5.74) is 1.80. The Morgan fingerprint density at radius 2 is 2.23 bits per heavy atom. The number of nitrogens with zero attached hydrogens (tertiary/aromatic N) is 2. The highest BCUT2D eigenvalue weighted by Crippen LogP contribution is 2.06. The minimum atomic E-state index is 0.841. The SMILES string of the molecule is Cc1nc(C#Cc2cnsc2)cs1. The highest BCUT2D eigenvalue weighted by molar-refractivity contribution is 7.09. The molecule has 0 atom stereocenters. The normalized spacial score (nSPS) is 9.31. The second-order valence-corrected chi connectivity index (χ2v) is 4.13. The molecule has 0 saturated heterocycles. The van der Waals surface area contributed by atoms with E-state index in [1.807, 2.05) is 17.7 Å². The molecule has 2 aromatic rings. The zero-order chi connectivity index (χ0) is 9.10. The predicted octanol–water partition coefficient (Wildman–Crippen LogP) is 2.31. The summed E-state index contributed by atoms with van der Waals surface area (Å²) in [6, 6.07) is 0. The molecule has 0 fully saturated rings. The lowest BCUT2D eigenvalue weighted by molar-refractivity contribution is 1.27. The molecule has 64 valence electrons. The van der Waals surface area contributed by atoms with Crippen molar-refractivity contribution in [1.82, 2.24) is 9.36 Å². The summed E-state index contributed by atoms with van der Waals surface area (Å²) in [6.07, 6.45) is 1.76. The fourth-order valence-electron chi connectivity index (χ4n) is 0.824. The zero-order valence-electron chi connectivity index (χ0n) is 6.94. The van der Waals surface area contributed by atoms with Crippen LogP contribution in [0.15, 0.2) is 17.0 Å². The van der Waals surface area contributed by atoms with Gasteiger partial charge in [-0.1, -0.05) is 5.92 Å². The van der Waals surface area contributed by atoms with E-state index >= 15 is 0 Å². The van der Waals surface area contributed by atoms with Crippen molar-refractivity contribution in [3.63, 3.8) is 0 Å². The Hall–Kier alpha value is -1.18. The summed E-state index contributed by atoms with van der Waals surface area (Å²) >= 11 is 3.02. The second kappa shape index (κ2) is 3.69. The highest BCUT2D eigenvalue weighted by Gasteiger charge is 1.92. The van der Waals surface area contributed by atoms with Gasteiger partial charge in [0.05, 0.1) is 16.8 Å². The van der Waals surface area contributed by atoms with Crippen LogP contribution >= 0.6 is 22.9 Å². The minimum absolute atomic E-state index is 0.841. The lowest BCUT2D eigenvalue weighted by atomic mass is 10.3. The summed E-state index contributed by atoms with van der Waals surface area (Å²) in [4.78, 5) is 4.24. The zero-order valence-corrected chi connectivity index (χ0v) is 8.58. The van der Waals surface area contributed by atoms with Crippen LogP contribution in [0.4, 0.5) is 0 Å². The average Bonchev–Trinajstić information content (AvgIpc) is 2.71. The molecule has 4 heteroatoms. The molecule has 0 unspecified atom stereocenters. The van der Waals surface area contributed by atoms with E-state index < -0.39 is 0 Å². The van der Waals surface area contributed by atoms with Crippen molar-refractivity contribution in [2.45, 2.75) is 6.92 Å². The van der Waals surface area contributed by atoms with Gasteiger partial charge in [0.25, 0.3) is 0 Å². The van der Waals surface area contributed by atoms with E-state index in [2.05, 4.69) is 21.2 Å². The van der Waals surface area contributed by atoms with E-state index in [1.165, 1.54) is 11.5 Å². The smallest absolute Gasteiger partial charge is 0.124 e. The van der Waals surface area contributed by atoms with Crippen molar-refractivity contribution in [3.05, 3.63) is 33.2 Å². The van der Waals surface area contributed by atoms with Gasteiger partial charge in [-0.2, -0.15) is 4.37 Å². The van der Waals surface area contributed by atoms with Crippen LogP contribution in [0.1, 0.15) is 16.3 Å². The van der Waals surface area contributed by atoms with Gasteiger partial charge >= 0.3 is 0 Å². The first kappa shape index (κ1) is 8.42. The Balaban J connectivity index is 2.22. The Morgan fingerprint density at radius 1 is 1.31 bits per heavy atom. The number of aryl methyl sites for hydroxylation is 1. The lowest BCUT2D eigenvalue weighted by Gasteiger charge is -1.76. The maximum Gasteiger partial charge on any atom is 0.124 e. The lowest BCUT2D eigenvalue weighted by Crippen LogP contribution is -1.73. The monoisotopic (exact) mass is 206 g/mol. The summed E-state index contributed by atoms with van der Waals surface area (Å²) in [6.45, 7) is 1.97. The topological polar surface area (TPSA) is 25.8 Å². The molecule has 0 bridgehead atoms. The van der Waals surface area contributed by atoms with Crippen LogP contribution in [0.3, 0.4) is 0 Å². The molecule has 13 heavy (non-hydrogen) atoms. The van der Waals surface area contributed by atoms with Crippen LogP contribution in [0.5, 0.6) is 0 Å². The number of thiazole rings is 1. The molecule has 2 aromatic heterocycles. The van der Waals surface area contributed by atoms with E-state index in [9.17, 15) is 0 Å². The van der Waals surface area contributed by atoms with Crippen LogP contribution in [0.2, 0.25) is 0 Å². The van der Waals surface area contributed by atoms with Gasteiger partial charge < -0.3 is 0 Å². The third-order valence-corrected chi connectivity index (χ3v) is 2.75. The molecular weight excluding hydrogens is 200 g/mol. The van der Waals surface area contributed by atoms with E-state index in [-0.39, 0.29) is 0 Å². The van der Waals surface area contributed by atoms with Crippen LogP contribution in [0.25, 0.3) is 0 Å². The van der Waals surface area contributed by atoms with Gasteiger partial charge in [-0.05, 0) is 24.4 Å². The van der Waals surface area contributed by atoms with Crippen LogP contribution in [-0.4, -0.2) is 9.36 Å². The summed E-state index contributed by atoms with van der Waals surface area (Å²) < 4.78 is 3.96. The molecule has 0 aliphatic rings. The van der Waals surface area contributed by atoms with Crippen molar-refractivity contribution < 1.29 is 0 Å². The van der Waals surface area contributed by atoms with Gasteiger partial charge in [0.15, 0.2) is 0 Å². The fraction of sp³-hybridized carbons (Fsp3) is 0.111. The van der Waals surface area contributed by atoms with Crippen molar-refractivity contribution in [2.75, 3.05) is 0 Å². The van der Waals surface area contributed by atoms with Crippen LogP contribution in [-0.2, 0) is 0 Å². The largest absolute Gasteiger partial charge is 0.233 e. The Morgan fingerprint density at radius 3 is 2.85 bits per heavy atom. The van der Waals surface area contributed by atoms with Crippen molar-refractivity contribution >= 4 is 22.9 Å². The average molecular weight is 206 g/mol. The number of hydrogen-bond donors (Lipinski definition) is 0. The summed E-state index contributed by atoms with van der Waals surface area (Å²) in [5.74, 6) is 5.98. The van der Waals surface area contributed by atoms with Gasteiger partial charge in [0, 0.05) is 10.8 Å². The molecule has 2 rings (SSSR count). The van der Waals surface area contributed by atoms with Gasteiger partial charge in [-0.15, -0.1) is 11.3 Å². The third-order valence-electron chi connectivity index (χ3n) is 1.39. The Labute approximate surface area is 84.4 Å². The Kier molecular flexibility index (Phi) is 2.39. The van der Waals surface area contributed by atoms with Gasteiger partial charge in [-0.25, -0.2) is 4.98 Å². The van der Waals surface area contributed by atoms with E-state index in [1.54, 1.807) is 17.5 Å². The summed E-state index contributed by atoms with van der Waals surface area (Å²) in [7, 11) is 0. The van der Waals surface area contributed by atoms with E-state index in [0.717, 1.165) is 16.3 Å². The fourth-order valence-corrected chi connectivity index (χ4v) is 1.84. The molecule has 0 aliphatic carbocycles.